The molecule has 148 valence electrons. The number of nitrogens with one attached hydrogen (secondary N) is 1. The van der Waals surface area contributed by atoms with E-state index in [1.807, 2.05) is 48.5 Å². The van der Waals surface area contributed by atoms with Crippen molar-refractivity contribution in [1.29, 1.82) is 0 Å². The normalized spacial score (nSPS) is 14.6. The Balaban J connectivity index is 1.25. The molecule has 0 saturated carbocycles. The molecule has 1 aliphatic rings. The fourth-order valence-electron chi connectivity index (χ4n) is 3.55. The lowest BCUT2D eigenvalue weighted by Gasteiger charge is -2.31. The van der Waals surface area contributed by atoms with Crippen LogP contribution in [0.2, 0.25) is 0 Å². The van der Waals surface area contributed by atoms with E-state index in [0.29, 0.717) is 37.5 Å². The molecule has 1 aromatic heterocycles. The second kappa shape index (κ2) is 8.73. The van der Waals surface area contributed by atoms with Crippen molar-refractivity contribution in [2.24, 2.45) is 5.92 Å². The fourth-order valence-corrected chi connectivity index (χ4v) is 3.55. The van der Waals surface area contributed by atoms with Crippen LogP contribution in [-0.4, -0.2) is 41.4 Å². The summed E-state index contributed by atoms with van der Waals surface area (Å²) in [5.74, 6) is 1.04. The molecule has 2 heterocycles. The molecule has 6 nitrogen and oxygen atoms in total. The Bertz CT molecular complexity index is 998. The van der Waals surface area contributed by atoms with E-state index < -0.39 is 0 Å². The Hall–Kier alpha value is -3.41. The zero-order valence-corrected chi connectivity index (χ0v) is 16.1. The van der Waals surface area contributed by atoms with Gasteiger partial charge in [-0.1, -0.05) is 36.4 Å². The number of hydrogen-bond donors (Lipinski definition) is 1. The number of pyridine rings is 1. The Kier molecular flexibility index (Phi) is 5.70. The molecule has 1 aliphatic heterocycles. The van der Waals surface area contributed by atoms with Crippen molar-refractivity contribution in [2.75, 3.05) is 25.0 Å². The number of piperidine rings is 1. The predicted octanol–water partition coefficient (Wildman–Crippen LogP) is 3.49. The van der Waals surface area contributed by atoms with E-state index in [9.17, 15) is 9.59 Å². The molecule has 0 radical (unpaired) electrons. The van der Waals surface area contributed by atoms with Crippen molar-refractivity contribution in [3.05, 3.63) is 66.9 Å². The number of rotatable bonds is 5. The molecule has 1 fully saturated rings. The second-order valence-corrected chi connectivity index (χ2v) is 7.16. The molecule has 0 atom stereocenters. The highest BCUT2D eigenvalue weighted by molar-refractivity contribution is 5.92. The van der Waals surface area contributed by atoms with Crippen molar-refractivity contribution in [3.8, 4) is 5.75 Å². The van der Waals surface area contributed by atoms with Crippen LogP contribution in [-0.2, 0) is 9.59 Å². The predicted molar refractivity (Wildman–Crippen MR) is 112 cm³/mol. The lowest BCUT2D eigenvalue weighted by Crippen LogP contribution is -2.43. The molecule has 29 heavy (non-hydrogen) atoms. The summed E-state index contributed by atoms with van der Waals surface area (Å²) < 4.78 is 5.70. The van der Waals surface area contributed by atoms with Gasteiger partial charge in [-0.2, -0.15) is 0 Å². The third-order valence-electron chi connectivity index (χ3n) is 5.22. The van der Waals surface area contributed by atoms with E-state index in [4.69, 9.17) is 4.74 Å². The molecule has 0 aliphatic carbocycles. The molecular weight excluding hydrogens is 366 g/mol. The summed E-state index contributed by atoms with van der Waals surface area (Å²) in [5, 5.41) is 5.06. The molecule has 1 saturated heterocycles. The molecule has 0 bridgehead atoms. The van der Waals surface area contributed by atoms with E-state index in [2.05, 4.69) is 10.3 Å². The maximum Gasteiger partial charge on any atom is 0.260 e. The monoisotopic (exact) mass is 389 g/mol. The topological polar surface area (TPSA) is 71.5 Å². The van der Waals surface area contributed by atoms with Gasteiger partial charge < -0.3 is 15.0 Å². The van der Waals surface area contributed by atoms with Crippen LogP contribution in [0.3, 0.4) is 0 Å². The Labute approximate surface area is 169 Å². The summed E-state index contributed by atoms with van der Waals surface area (Å²) >= 11 is 0. The number of likely N-dealkylation sites (tertiary alicyclic amines) is 1. The van der Waals surface area contributed by atoms with Crippen LogP contribution in [0.4, 0.5) is 5.82 Å². The van der Waals surface area contributed by atoms with Crippen molar-refractivity contribution >= 4 is 28.4 Å². The summed E-state index contributed by atoms with van der Waals surface area (Å²) in [6, 6.07) is 19.2. The maximum absolute atomic E-state index is 12.5. The number of benzene rings is 2. The van der Waals surface area contributed by atoms with Gasteiger partial charge in [-0.15, -0.1) is 0 Å². The minimum Gasteiger partial charge on any atom is -0.484 e. The van der Waals surface area contributed by atoms with Gasteiger partial charge in [0.15, 0.2) is 6.61 Å². The zero-order chi connectivity index (χ0) is 20.1. The molecule has 0 unspecified atom stereocenters. The highest BCUT2D eigenvalue weighted by Gasteiger charge is 2.27. The third-order valence-corrected chi connectivity index (χ3v) is 5.22. The summed E-state index contributed by atoms with van der Waals surface area (Å²) in [7, 11) is 0. The number of carbonyl (C=O) groups is 2. The number of aromatic nitrogens is 1. The summed E-state index contributed by atoms with van der Waals surface area (Å²) in [5.41, 5.74) is 0. The van der Waals surface area contributed by atoms with Crippen LogP contribution >= 0.6 is 0 Å². The standard InChI is InChI=1S/C23H23N3O3/c27-22(16-29-20-9-8-17-5-1-2-6-19(17)15-20)26-13-10-18(11-14-26)23(28)25-21-7-3-4-12-24-21/h1-9,12,15,18H,10-11,13-14,16H2,(H,24,25,28). The lowest BCUT2D eigenvalue weighted by molar-refractivity contribution is -0.136. The molecule has 2 amide bonds. The number of fused-ring (bicyclic) bond motifs is 1. The molecule has 1 N–H and O–H groups in total. The van der Waals surface area contributed by atoms with Crippen LogP contribution in [0.15, 0.2) is 66.9 Å². The number of hydrogen-bond acceptors (Lipinski definition) is 4. The average Bonchev–Trinajstić information content (AvgIpc) is 2.78. The lowest BCUT2D eigenvalue weighted by atomic mass is 9.96. The minimum absolute atomic E-state index is 0.00311. The van der Waals surface area contributed by atoms with Crippen LogP contribution in [0.1, 0.15) is 12.8 Å². The van der Waals surface area contributed by atoms with Gasteiger partial charge >= 0.3 is 0 Å². The molecule has 2 aromatic carbocycles. The highest BCUT2D eigenvalue weighted by atomic mass is 16.5. The number of nitrogens with zero attached hydrogens (tertiary/aromatic N) is 2. The first-order valence-electron chi connectivity index (χ1n) is 9.80. The number of anilines is 1. The average molecular weight is 389 g/mol. The molecule has 3 aromatic rings. The smallest absolute Gasteiger partial charge is 0.260 e. The molecular formula is C23H23N3O3. The van der Waals surface area contributed by atoms with Crippen molar-refractivity contribution in [3.63, 3.8) is 0 Å². The first kappa shape index (κ1) is 18.9. The fraction of sp³-hybridized carbons (Fsp3) is 0.261. The van der Waals surface area contributed by atoms with Crippen LogP contribution in [0.25, 0.3) is 10.8 Å². The Morgan fingerprint density at radius 1 is 1.00 bits per heavy atom. The summed E-state index contributed by atoms with van der Waals surface area (Å²) in [6.45, 7) is 1.11. The maximum atomic E-state index is 12.5. The first-order chi connectivity index (χ1) is 14.2. The van der Waals surface area contributed by atoms with E-state index in [1.165, 1.54) is 0 Å². The van der Waals surface area contributed by atoms with E-state index >= 15 is 0 Å². The molecule has 0 spiro atoms. The van der Waals surface area contributed by atoms with Gasteiger partial charge in [-0.25, -0.2) is 4.98 Å². The van der Waals surface area contributed by atoms with Crippen LogP contribution in [0.5, 0.6) is 5.75 Å². The SMILES string of the molecule is O=C(Nc1ccccn1)C1CCN(C(=O)COc2ccc3ccccc3c2)CC1. The highest BCUT2D eigenvalue weighted by Crippen LogP contribution is 2.22. The van der Waals surface area contributed by atoms with Gasteiger partial charge in [0.05, 0.1) is 0 Å². The third kappa shape index (κ3) is 4.71. The number of ether oxygens (including phenoxy) is 1. The zero-order valence-electron chi connectivity index (χ0n) is 16.1. The Morgan fingerprint density at radius 3 is 2.52 bits per heavy atom. The number of carbonyl (C=O) groups excluding carboxylic acids is 2. The summed E-state index contributed by atoms with van der Waals surface area (Å²) in [4.78, 5) is 30.8. The molecule has 6 heteroatoms. The Morgan fingerprint density at radius 2 is 1.76 bits per heavy atom. The van der Waals surface area contributed by atoms with Gasteiger partial charge in [0.2, 0.25) is 5.91 Å². The van der Waals surface area contributed by atoms with Gasteiger partial charge in [0.25, 0.3) is 5.91 Å². The van der Waals surface area contributed by atoms with Crippen molar-refractivity contribution in [1.82, 2.24) is 9.88 Å². The van der Waals surface area contributed by atoms with Gasteiger partial charge in [-0.3, -0.25) is 9.59 Å². The van der Waals surface area contributed by atoms with Gasteiger partial charge in [-0.05, 0) is 47.9 Å². The van der Waals surface area contributed by atoms with E-state index in [0.717, 1.165) is 10.8 Å². The van der Waals surface area contributed by atoms with Crippen LogP contribution in [0, 0.1) is 5.92 Å². The van der Waals surface area contributed by atoms with Crippen molar-refractivity contribution in [2.45, 2.75) is 12.8 Å². The molecule has 4 rings (SSSR count). The summed E-state index contributed by atoms with van der Waals surface area (Å²) in [6.07, 6.45) is 2.92. The van der Waals surface area contributed by atoms with Gasteiger partial charge in [0.1, 0.15) is 11.6 Å². The minimum atomic E-state index is -0.109. The van der Waals surface area contributed by atoms with Crippen LogP contribution < -0.4 is 10.1 Å². The largest absolute Gasteiger partial charge is 0.484 e. The van der Waals surface area contributed by atoms with E-state index in [1.54, 1.807) is 23.2 Å². The number of amides is 2. The van der Waals surface area contributed by atoms with Crippen molar-refractivity contribution < 1.29 is 14.3 Å². The van der Waals surface area contributed by atoms with Gasteiger partial charge in [0, 0.05) is 25.2 Å². The quantitative estimate of drug-likeness (QED) is 0.725. The second-order valence-electron chi connectivity index (χ2n) is 7.16. The first-order valence-corrected chi connectivity index (χ1v) is 9.80. The van der Waals surface area contributed by atoms with E-state index in [-0.39, 0.29) is 24.3 Å².